The van der Waals surface area contributed by atoms with Crippen molar-refractivity contribution in [2.24, 2.45) is 0 Å². The molecular weight excluding hydrogens is 268 g/mol. The van der Waals surface area contributed by atoms with E-state index in [4.69, 9.17) is 14.2 Å². The number of amides is 1. The number of carbonyl (C=O) groups excluding carboxylic acids is 1. The first-order chi connectivity index (χ1) is 9.50. The highest BCUT2D eigenvalue weighted by atomic mass is 16.6. The van der Waals surface area contributed by atoms with Gasteiger partial charge in [0.05, 0.1) is 25.3 Å². The first-order valence-electron chi connectivity index (χ1n) is 6.07. The molecule has 0 unspecified atom stereocenters. The van der Waals surface area contributed by atoms with Crippen LogP contribution in [-0.4, -0.2) is 50.2 Å². The minimum absolute atomic E-state index is 0.0569. The number of hydrogen-bond donors (Lipinski definition) is 1. The summed E-state index contributed by atoms with van der Waals surface area (Å²) in [5, 5.41) is 2.67. The van der Waals surface area contributed by atoms with E-state index < -0.39 is 17.4 Å². The van der Waals surface area contributed by atoms with Crippen LogP contribution in [0.15, 0.2) is 21.7 Å². The summed E-state index contributed by atoms with van der Waals surface area (Å²) < 4.78 is 20.9. The van der Waals surface area contributed by atoms with E-state index >= 15 is 0 Å². The van der Waals surface area contributed by atoms with Gasteiger partial charge in [0, 0.05) is 20.4 Å². The van der Waals surface area contributed by atoms with Crippen molar-refractivity contribution in [1.29, 1.82) is 0 Å². The Morgan fingerprint density at radius 1 is 1.40 bits per heavy atom. The summed E-state index contributed by atoms with van der Waals surface area (Å²) in [4.78, 5) is 22.8. The van der Waals surface area contributed by atoms with Crippen molar-refractivity contribution in [2.45, 2.75) is 19.0 Å². The van der Waals surface area contributed by atoms with E-state index in [0.29, 0.717) is 0 Å². The zero-order chi connectivity index (χ0) is 15.0. The molecule has 0 aliphatic heterocycles. The second-order valence-corrected chi connectivity index (χ2v) is 4.55. The maximum absolute atomic E-state index is 11.7. The number of ether oxygens (including phenoxy) is 3. The number of rotatable bonds is 8. The standard InChI is InChI=1S/C12H20N2O6/c1-12(8-17-2,9-18-3)13-10(15)19-6-4-14-5-7-20-11(14)16/h5,7H,4,6,8-9H2,1-3H3,(H,13,15). The molecule has 0 bridgehead atoms. The maximum atomic E-state index is 11.7. The van der Waals surface area contributed by atoms with E-state index in [1.807, 2.05) is 0 Å². The summed E-state index contributed by atoms with van der Waals surface area (Å²) >= 11 is 0. The zero-order valence-electron chi connectivity index (χ0n) is 11.9. The van der Waals surface area contributed by atoms with Crippen LogP contribution in [0.4, 0.5) is 4.79 Å². The van der Waals surface area contributed by atoms with Gasteiger partial charge < -0.3 is 23.9 Å². The minimum Gasteiger partial charge on any atom is -0.448 e. The third-order valence-electron chi connectivity index (χ3n) is 2.54. The topological polar surface area (TPSA) is 91.9 Å². The minimum atomic E-state index is -0.674. The van der Waals surface area contributed by atoms with Crippen molar-refractivity contribution < 1.29 is 23.4 Å². The summed E-state index contributed by atoms with van der Waals surface area (Å²) in [5.41, 5.74) is -0.674. The summed E-state index contributed by atoms with van der Waals surface area (Å²) in [5.74, 6) is -0.488. The van der Waals surface area contributed by atoms with Crippen molar-refractivity contribution in [2.75, 3.05) is 34.0 Å². The summed E-state index contributed by atoms with van der Waals surface area (Å²) in [6.07, 6.45) is 2.15. The average molecular weight is 288 g/mol. The molecule has 114 valence electrons. The zero-order valence-corrected chi connectivity index (χ0v) is 11.9. The molecule has 0 saturated carbocycles. The van der Waals surface area contributed by atoms with Gasteiger partial charge in [-0.3, -0.25) is 4.57 Å². The predicted octanol–water partition coefficient (Wildman–Crippen LogP) is 0.219. The SMILES string of the molecule is COCC(C)(COC)NC(=O)OCCn1ccoc1=O. The van der Waals surface area contributed by atoms with Crippen molar-refractivity contribution in [3.63, 3.8) is 0 Å². The Bertz CT molecular complexity index is 461. The van der Waals surface area contributed by atoms with Crippen LogP contribution < -0.4 is 11.1 Å². The van der Waals surface area contributed by atoms with Crippen LogP contribution in [-0.2, 0) is 20.8 Å². The number of nitrogens with zero attached hydrogens (tertiary/aromatic N) is 1. The molecule has 0 aromatic carbocycles. The van der Waals surface area contributed by atoms with Gasteiger partial charge in [-0.1, -0.05) is 0 Å². The third kappa shape index (κ3) is 5.06. The molecule has 0 spiro atoms. The van der Waals surface area contributed by atoms with E-state index in [1.54, 1.807) is 6.92 Å². The van der Waals surface area contributed by atoms with Crippen molar-refractivity contribution in [3.05, 3.63) is 23.0 Å². The van der Waals surface area contributed by atoms with Crippen LogP contribution >= 0.6 is 0 Å². The average Bonchev–Trinajstić information content (AvgIpc) is 2.75. The molecule has 1 aromatic heterocycles. The Morgan fingerprint density at radius 2 is 2.05 bits per heavy atom. The molecule has 0 aliphatic carbocycles. The predicted molar refractivity (Wildman–Crippen MR) is 69.6 cm³/mol. The Balaban J connectivity index is 2.38. The number of nitrogens with one attached hydrogen (secondary N) is 1. The summed E-state index contributed by atoms with van der Waals surface area (Å²) in [6, 6.07) is 0. The van der Waals surface area contributed by atoms with Crippen LogP contribution in [0.5, 0.6) is 0 Å². The highest BCUT2D eigenvalue weighted by Crippen LogP contribution is 2.05. The molecule has 8 heteroatoms. The second kappa shape index (κ2) is 7.71. The van der Waals surface area contributed by atoms with Gasteiger partial charge in [0.15, 0.2) is 0 Å². The molecule has 20 heavy (non-hydrogen) atoms. The van der Waals surface area contributed by atoms with Gasteiger partial charge in [0.1, 0.15) is 12.9 Å². The largest absolute Gasteiger partial charge is 0.448 e. The van der Waals surface area contributed by atoms with Crippen LogP contribution in [0.1, 0.15) is 6.92 Å². The number of methoxy groups -OCH3 is 2. The molecule has 8 nitrogen and oxygen atoms in total. The van der Waals surface area contributed by atoms with Gasteiger partial charge in [-0.25, -0.2) is 9.59 Å². The Morgan fingerprint density at radius 3 is 2.55 bits per heavy atom. The molecule has 0 fully saturated rings. The highest BCUT2D eigenvalue weighted by molar-refractivity contribution is 5.68. The fraction of sp³-hybridized carbons (Fsp3) is 0.667. The first kappa shape index (κ1) is 16.3. The van der Waals surface area contributed by atoms with E-state index in [2.05, 4.69) is 9.73 Å². The van der Waals surface area contributed by atoms with Crippen LogP contribution in [0.2, 0.25) is 0 Å². The van der Waals surface area contributed by atoms with Crippen LogP contribution in [0, 0.1) is 0 Å². The van der Waals surface area contributed by atoms with Gasteiger partial charge in [-0.05, 0) is 6.92 Å². The normalized spacial score (nSPS) is 11.3. The van der Waals surface area contributed by atoms with Crippen molar-refractivity contribution in [3.8, 4) is 0 Å². The smallest absolute Gasteiger partial charge is 0.418 e. The second-order valence-electron chi connectivity index (χ2n) is 4.55. The lowest BCUT2D eigenvalue weighted by molar-refractivity contribution is 0.0456. The molecule has 0 radical (unpaired) electrons. The van der Waals surface area contributed by atoms with Crippen molar-refractivity contribution in [1.82, 2.24) is 9.88 Å². The quantitative estimate of drug-likeness (QED) is 0.735. The highest BCUT2D eigenvalue weighted by Gasteiger charge is 2.27. The molecule has 0 saturated heterocycles. The van der Waals surface area contributed by atoms with Crippen molar-refractivity contribution >= 4 is 6.09 Å². The Labute approximate surface area is 116 Å². The molecule has 1 N–H and O–H groups in total. The lowest BCUT2D eigenvalue weighted by Gasteiger charge is -2.28. The molecule has 1 aromatic rings. The lowest BCUT2D eigenvalue weighted by Crippen LogP contribution is -2.52. The van der Waals surface area contributed by atoms with Gasteiger partial charge in [-0.15, -0.1) is 0 Å². The van der Waals surface area contributed by atoms with E-state index in [0.717, 1.165) is 0 Å². The summed E-state index contributed by atoms with van der Waals surface area (Å²) in [6.45, 7) is 2.64. The number of hydrogen-bond acceptors (Lipinski definition) is 6. The van der Waals surface area contributed by atoms with Crippen LogP contribution in [0.25, 0.3) is 0 Å². The molecule has 0 atom stereocenters. The van der Waals surface area contributed by atoms with E-state index in [9.17, 15) is 9.59 Å². The molecule has 1 rings (SSSR count). The Hall–Kier alpha value is -1.80. The number of aromatic nitrogens is 1. The number of alkyl carbamates (subject to hydrolysis) is 1. The fourth-order valence-electron chi connectivity index (χ4n) is 1.73. The molecular formula is C12H20N2O6. The molecule has 0 aliphatic rings. The third-order valence-corrected chi connectivity index (χ3v) is 2.54. The van der Waals surface area contributed by atoms with Crippen LogP contribution in [0.3, 0.4) is 0 Å². The van der Waals surface area contributed by atoms with E-state index in [1.165, 1.54) is 31.2 Å². The fourth-order valence-corrected chi connectivity index (χ4v) is 1.73. The van der Waals surface area contributed by atoms with Gasteiger partial charge in [0.2, 0.25) is 0 Å². The summed E-state index contributed by atoms with van der Waals surface area (Å²) in [7, 11) is 3.07. The Kier molecular flexibility index (Phi) is 6.26. The van der Waals surface area contributed by atoms with Gasteiger partial charge >= 0.3 is 11.8 Å². The lowest BCUT2D eigenvalue weighted by atomic mass is 10.1. The number of oxazole rings is 1. The maximum Gasteiger partial charge on any atom is 0.418 e. The number of carbonyl (C=O) groups is 1. The monoisotopic (exact) mass is 288 g/mol. The van der Waals surface area contributed by atoms with Gasteiger partial charge in [-0.2, -0.15) is 0 Å². The first-order valence-corrected chi connectivity index (χ1v) is 6.07. The molecule has 1 amide bonds. The van der Waals surface area contributed by atoms with E-state index in [-0.39, 0.29) is 26.4 Å². The molecule has 1 heterocycles. The van der Waals surface area contributed by atoms with Gasteiger partial charge in [0.25, 0.3) is 0 Å².